The van der Waals surface area contributed by atoms with Gasteiger partial charge in [0.25, 0.3) is 0 Å². The highest BCUT2D eigenvalue weighted by Gasteiger charge is 2.31. The van der Waals surface area contributed by atoms with Crippen LogP contribution in [0.5, 0.6) is 0 Å². The van der Waals surface area contributed by atoms with Crippen LogP contribution in [-0.4, -0.2) is 55.5 Å². The lowest BCUT2D eigenvalue weighted by Crippen LogP contribution is -2.44. The first-order valence-corrected chi connectivity index (χ1v) is 8.74. The zero-order valence-electron chi connectivity index (χ0n) is 14.4. The number of carbonyl (C=O) groups excluding carboxylic acids is 1. The minimum absolute atomic E-state index is 0.176. The summed E-state index contributed by atoms with van der Waals surface area (Å²) in [5.41, 5.74) is -0.420. The molecule has 1 saturated heterocycles. The van der Waals surface area contributed by atoms with E-state index in [1.54, 1.807) is 0 Å². The summed E-state index contributed by atoms with van der Waals surface area (Å²) >= 11 is 0. The van der Waals surface area contributed by atoms with Crippen LogP contribution in [-0.2, 0) is 9.47 Å². The molecule has 2 fully saturated rings. The fraction of sp³-hybridized carbons (Fsp3) is 0.941. The van der Waals surface area contributed by atoms with E-state index >= 15 is 0 Å². The van der Waals surface area contributed by atoms with E-state index in [1.807, 2.05) is 25.7 Å². The summed E-state index contributed by atoms with van der Waals surface area (Å²) in [4.78, 5) is 14.0. The lowest BCUT2D eigenvalue weighted by atomic mass is 10.2. The van der Waals surface area contributed by atoms with Crippen LogP contribution in [0.2, 0.25) is 0 Å². The molecule has 1 saturated carbocycles. The molecular weight excluding hydrogens is 280 g/mol. The Hall–Kier alpha value is -0.810. The number of nitrogens with zero attached hydrogens (tertiary/aromatic N) is 1. The Balaban J connectivity index is 1.56. The third-order valence-corrected chi connectivity index (χ3v) is 4.08. The van der Waals surface area contributed by atoms with Crippen molar-refractivity contribution in [2.24, 2.45) is 5.92 Å². The van der Waals surface area contributed by atoms with Crippen LogP contribution >= 0.6 is 0 Å². The van der Waals surface area contributed by atoms with E-state index in [2.05, 4.69) is 5.32 Å². The Morgan fingerprint density at radius 1 is 1.27 bits per heavy atom. The van der Waals surface area contributed by atoms with E-state index < -0.39 is 5.60 Å². The van der Waals surface area contributed by atoms with Crippen molar-refractivity contribution < 1.29 is 14.3 Å². The highest BCUT2D eigenvalue weighted by Crippen LogP contribution is 2.28. The third-order valence-electron chi connectivity index (χ3n) is 4.08. The molecule has 1 atom stereocenters. The van der Waals surface area contributed by atoms with Gasteiger partial charge in [0.15, 0.2) is 0 Å². The molecular formula is C17H32N2O3. The zero-order valence-corrected chi connectivity index (χ0v) is 14.4. The SMILES string of the molecule is CC(C)(C)OC(=O)N1CCCC1CNCCCOCC1CC1. The molecule has 1 aliphatic carbocycles. The molecule has 1 aliphatic heterocycles. The van der Waals surface area contributed by atoms with Gasteiger partial charge in [-0.3, -0.25) is 0 Å². The van der Waals surface area contributed by atoms with Crippen LogP contribution in [0.15, 0.2) is 0 Å². The summed E-state index contributed by atoms with van der Waals surface area (Å²) in [6, 6.07) is 0.266. The second kappa shape index (κ2) is 8.16. The van der Waals surface area contributed by atoms with Crippen LogP contribution in [0.3, 0.4) is 0 Å². The van der Waals surface area contributed by atoms with E-state index in [-0.39, 0.29) is 12.1 Å². The van der Waals surface area contributed by atoms with Gasteiger partial charge in [-0.2, -0.15) is 0 Å². The molecule has 0 aromatic heterocycles. The van der Waals surface area contributed by atoms with Gasteiger partial charge in [-0.15, -0.1) is 0 Å². The lowest BCUT2D eigenvalue weighted by Gasteiger charge is -2.28. The maximum Gasteiger partial charge on any atom is 0.410 e. The van der Waals surface area contributed by atoms with Crippen molar-refractivity contribution in [3.05, 3.63) is 0 Å². The van der Waals surface area contributed by atoms with Crippen LogP contribution in [0, 0.1) is 5.92 Å². The molecule has 1 N–H and O–H groups in total. The summed E-state index contributed by atoms with van der Waals surface area (Å²) < 4.78 is 11.1. The molecule has 5 nitrogen and oxygen atoms in total. The number of likely N-dealkylation sites (tertiary alicyclic amines) is 1. The monoisotopic (exact) mass is 312 g/mol. The van der Waals surface area contributed by atoms with Crippen molar-refractivity contribution in [3.8, 4) is 0 Å². The van der Waals surface area contributed by atoms with Crippen molar-refractivity contribution in [1.29, 1.82) is 0 Å². The predicted octanol–water partition coefficient (Wildman–Crippen LogP) is 2.79. The quantitative estimate of drug-likeness (QED) is 0.700. The largest absolute Gasteiger partial charge is 0.444 e. The Morgan fingerprint density at radius 2 is 2.05 bits per heavy atom. The number of ether oxygens (including phenoxy) is 2. The third kappa shape index (κ3) is 6.53. The highest BCUT2D eigenvalue weighted by molar-refractivity contribution is 5.69. The molecule has 5 heteroatoms. The van der Waals surface area contributed by atoms with Gasteiger partial charge < -0.3 is 19.7 Å². The number of rotatable bonds is 8. The molecule has 0 aromatic carbocycles. The second-order valence-corrected chi connectivity index (χ2v) is 7.55. The van der Waals surface area contributed by atoms with Crippen LogP contribution < -0.4 is 5.32 Å². The average molecular weight is 312 g/mol. The summed E-state index contributed by atoms with van der Waals surface area (Å²) in [5.74, 6) is 0.842. The van der Waals surface area contributed by atoms with E-state index in [0.29, 0.717) is 0 Å². The summed E-state index contributed by atoms with van der Waals surface area (Å²) in [6.07, 6.45) is 5.68. The molecule has 1 amide bonds. The fourth-order valence-corrected chi connectivity index (χ4v) is 2.71. The van der Waals surface area contributed by atoms with Crippen molar-refractivity contribution in [1.82, 2.24) is 10.2 Å². The van der Waals surface area contributed by atoms with Crippen molar-refractivity contribution in [3.63, 3.8) is 0 Å². The number of hydrogen-bond donors (Lipinski definition) is 1. The van der Waals surface area contributed by atoms with Gasteiger partial charge in [0, 0.05) is 32.3 Å². The van der Waals surface area contributed by atoms with Crippen LogP contribution in [0.4, 0.5) is 4.79 Å². The van der Waals surface area contributed by atoms with Crippen molar-refractivity contribution >= 4 is 6.09 Å². The van der Waals surface area contributed by atoms with Crippen LogP contribution in [0.1, 0.15) is 52.9 Å². The van der Waals surface area contributed by atoms with E-state index in [9.17, 15) is 4.79 Å². The topological polar surface area (TPSA) is 50.8 Å². The standard InChI is InChI=1S/C17H32N2O3/c1-17(2,3)22-16(20)19-10-4-6-15(19)12-18-9-5-11-21-13-14-7-8-14/h14-15,18H,4-13H2,1-3H3. The van der Waals surface area contributed by atoms with Gasteiger partial charge in [0.2, 0.25) is 0 Å². The smallest absolute Gasteiger partial charge is 0.410 e. The Bertz CT molecular complexity index is 350. The normalized spacial score (nSPS) is 22.1. The molecule has 22 heavy (non-hydrogen) atoms. The highest BCUT2D eigenvalue weighted by atomic mass is 16.6. The van der Waals surface area contributed by atoms with Crippen molar-refractivity contribution in [2.45, 2.75) is 64.5 Å². The first-order valence-electron chi connectivity index (χ1n) is 8.74. The molecule has 0 aromatic rings. The first-order chi connectivity index (χ1) is 10.5. The number of nitrogens with one attached hydrogen (secondary N) is 1. The lowest BCUT2D eigenvalue weighted by molar-refractivity contribution is 0.0226. The van der Waals surface area contributed by atoms with Crippen molar-refractivity contribution in [2.75, 3.05) is 32.8 Å². The van der Waals surface area contributed by atoms with Gasteiger partial charge >= 0.3 is 6.09 Å². The summed E-state index contributed by atoms with van der Waals surface area (Å²) in [5, 5.41) is 3.45. The Labute approximate surface area is 134 Å². The average Bonchev–Trinajstić information content (AvgIpc) is 3.12. The molecule has 1 heterocycles. The predicted molar refractivity (Wildman–Crippen MR) is 87.0 cm³/mol. The Morgan fingerprint density at radius 3 is 2.73 bits per heavy atom. The molecule has 1 unspecified atom stereocenters. The maximum absolute atomic E-state index is 12.2. The molecule has 0 spiro atoms. The molecule has 2 aliphatic rings. The van der Waals surface area contributed by atoms with Gasteiger partial charge in [-0.25, -0.2) is 4.79 Å². The first kappa shape index (κ1) is 17.5. The summed E-state index contributed by atoms with van der Waals surface area (Å²) in [6.45, 7) is 10.1. The number of carbonyl (C=O) groups is 1. The Kier molecular flexibility index (Phi) is 6.50. The van der Waals surface area contributed by atoms with Gasteiger partial charge in [-0.05, 0) is 65.3 Å². The second-order valence-electron chi connectivity index (χ2n) is 7.55. The van der Waals surface area contributed by atoms with Gasteiger partial charge in [0.05, 0.1) is 0 Å². The molecule has 2 rings (SSSR count). The van der Waals surface area contributed by atoms with E-state index in [4.69, 9.17) is 9.47 Å². The van der Waals surface area contributed by atoms with Gasteiger partial charge in [-0.1, -0.05) is 0 Å². The zero-order chi connectivity index (χ0) is 16.0. The van der Waals surface area contributed by atoms with E-state index in [1.165, 1.54) is 12.8 Å². The van der Waals surface area contributed by atoms with E-state index in [0.717, 1.165) is 58.0 Å². The fourth-order valence-electron chi connectivity index (χ4n) is 2.71. The molecule has 0 radical (unpaired) electrons. The number of hydrogen-bond acceptors (Lipinski definition) is 4. The minimum atomic E-state index is -0.420. The molecule has 128 valence electrons. The van der Waals surface area contributed by atoms with Crippen LogP contribution in [0.25, 0.3) is 0 Å². The molecule has 0 bridgehead atoms. The number of amides is 1. The van der Waals surface area contributed by atoms with Gasteiger partial charge in [0.1, 0.15) is 5.60 Å². The maximum atomic E-state index is 12.2. The minimum Gasteiger partial charge on any atom is -0.444 e. The summed E-state index contributed by atoms with van der Waals surface area (Å²) in [7, 11) is 0.